The molecule has 12 heavy (non-hydrogen) atoms. The summed E-state index contributed by atoms with van der Waals surface area (Å²) in [6.07, 6.45) is 3.03. The van der Waals surface area contributed by atoms with Crippen LogP contribution in [-0.2, 0) is 10.2 Å². The van der Waals surface area contributed by atoms with Crippen molar-refractivity contribution in [2.24, 2.45) is 0 Å². The van der Waals surface area contributed by atoms with Gasteiger partial charge in [0, 0.05) is 5.56 Å². The van der Waals surface area contributed by atoms with E-state index in [1.165, 1.54) is 0 Å². The zero-order chi connectivity index (χ0) is 8.77. The molecule has 1 aliphatic carbocycles. The molecule has 2 rings (SSSR count). The largest absolute Gasteiger partial charge is 0.481 e. The molecule has 1 N–H and O–H groups in total. The summed E-state index contributed by atoms with van der Waals surface area (Å²) in [4.78, 5) is 10.9. The lowest BCUT2D eigenvalue weighted by Gasteiger charge is -2.06. The second-order valence-electron chi connectivity index (χ2n) is 3.28. The van der Waals surface area contributed by atoms with Crippen LogP contribution >= 0.6 is 0 Å². The van der Waals surface area contributed by atoms with Crippen LogP contribution in [0.2, 0.25) is 0 Å². The van der Waals surface area contributed by atoms with Gasteiger partial charge in [-0.05, 0) is 25.8 Å². The molecule has 3 heteroatoms. The van der Waals surface area contributed by atoms with Gasteiger partial charge in [0.1, 0.15) is 5.76 Å². The molecule has 0 radical (unpaired) electrons. The number of carbonyl (C=O) groups is 1. The van der Waals surface area contributed by atoms with E-state index in [1.54, 1.807) is 19.3 Å². The third-order valence-electron chi connectivity index (χ3n) is 2.53. The minimum atomic E-state index is -0.730. The third-order valence-corrected chi connectivity index (χ3v) is 2.53. The standard InChI is InChI=1S/C9H10O3/c1-6-7(2-5-12-6)9(3-4-9)8(10)11/h2,5H,3-4H2,1H3,(H,10,11). The van der Waals surface area contributed by atoms with Gasteiger partial charge in [0.25, 0.3) is 0 Å². The molecule has 0 amide bonds. The summed E-state index contributed by atoms with van der Waals surface area (Å²) in [6.45, 7) is 1.80. The Labute approximate surface area is 70.0 Å². The fraction of sp³-hybridized carbons (Fsp3) is 0.444. The van der Waals surface area contributed by atoms with E-state index in [-0.39, 0.29) is 0 Å². The fourth-order valence-corrected chi connectivity index (χ4v) is 1.60. The van der Waals surface area contributed by atoms with E-state index >= 15 is 0 Å². The third kappa shape index (κ3) is 0.793. The highest BCUT2D eigenvalue weighted by molar-refractivity contribution is 5.85. The molecule has 1 fully saturated rings. The maximum Gasteiger partial charge on any atom is 0.314 e. The van der Waals surface area contributed by atoms with Gasteiger partial charge in [0.2, 0.25) is 0 Å². The maximum absolute atomic E-state index is 10.9. The van der Waals surface area contributed by atoms with Crippen molar-refractivity contribution in [1.29, 1.82) is 0 Å². The summed E-state index contributed by atoms with van der Waals surface area (Å²) in [7, 11) is 0. The predicted molar refractivity (Wildman–Crippen MR) is 42.0 cm³/mol. The quantitative estimate of drug-likeness (QED) is 0.727. The number of aryl methyl sites for hydroxylation is 1. The van der Waals surface area contributed by atoms with Gasteiger partial charge in [0.05, 0.1) is 11.7 Å². The van der Waals surface area contributed by atoms with Crippen molar-refractivity contribution >= 4 is 5.97 Å². The van der Waals surface area contributed by atoms with Crippen molar-refractivity contribution in [2.75, 3.05) is 0 Å². The molecular weight excluding hydrogens is 156 g/mol. The van der Waals surface area contributed by atoms with Crippen LogP contribution in [0.5, 0.6) is 0 Å². The first-order valence-electron chi connectivity index (χ1n) is 3.95. The second kappa shape index (κ2) is 2.12. The van der Waals surface area contributed by atoms with E-state index in [2.05, 4.69) is 0 Å². The molecule has 64 valence electrons. The van der Waals surface area contributed by atoms with E-state index in [1.807, 2.05) is 0 Å². The van der Waals surface area contributed by atoms with Crippen molar-refractivity contribution in [3.63, 3.8) is 0 Å². The van der Waals surface area contributed by atoms with Crippen LogP contribution in [-0.4, -0.2) is 11.1 Å². The Morgan fingerprint density at radius 2 is 2.33 bits per heavy atom. The predicted octanol–water partition coefficient (Wildman–Crippen LogP) is 1.70. The van der Waals surface area contributed by atoms with Crippen molar-refractivity contribution < 1.29 is 14.3 Å². The first-order chi connectivity index (χ1) is 5.67. The van der Waals surface area contributed by atoms with Crippen LogP contribution in [0.1, 0.15) is 24.2 Å². The number of hydrogen-bond acceptors (Lipinski definition) is 2. The molecule has 0 aromatic carbocycles. The van der Waals surface area contributed by atoms with Gasteiger partial charge in [-0.2, -0.15) is 0 Å². The minimum Gasteiger partial charge on any atom is -0.481 e. The lowest BCUT2D eigenvalue weighted by Crippen LogP contribution is -2.19. The molecule has 0 saturated heterocycles. The Hall–Kier alpha value is -1.25. The van der Waals surface area contributed by atoms with Crippen molar-refractivity contribution in [2.45, 2.75) is 25.2 Å². The van der Waals surface area contributed by atoms with Gasteiger partial charge >= 0.3 is 5.97 Å². The van der Waals surface area contributed by atoms with Gasteiger partial charge in [0.15, 0.2) is 0 Å². The smallest absolute Gasteiger partial charge is 0.314 e. The van der Waals surface area contributed by atoms with Crippen molar-refractivity contribution in [3.05, 3.63) is 23.7 Å². The van der Waals surface area contributed by atoms with E-state index in [9.17, 15) is 4.79 Å². The topological polar surface area (TPSA) is 50.4 Å². The SMILES string of the molecule is Cc1occc1C1(C(=O)O)CC1. The van der Waals surface area contributed by atoms with Crippen LogP contribution in [0.15, 0.2) is 16.7 Å². The van der Waals surface area contributed by atoms with E-state index < -0.39 is 11.4 Å². The van der Waals surface area contributed by atoms with Crippen LogP contribution in [0.25, 0.3) is 0 Å². The molecule has 1 saturated carbocycles. The molecule has 0 aliphatic heterocycles. The average molecular weight is 166 g/mol. The first-order valence-corrected chi connectivity index (χ1v) is 3.95. The van der Waals surface area contributed by atoms with Crippen molar-refractivity contribution in [1.82, 2.24) is 0 Å². The van der Waals surface area contributed by atoms with Gasteiger partial charge in [-0.25, -0.2) is 0 Å². The Bertz CT molecular complexity index is 320. The van der Waals surface area contributed by atoms with Crippen LogP contribution in [0, 0.1) is 6.92 Å². The summed E-state index contributed by atoms with van der Waals surface area (Å²) in [5.74, 6) is 0.00176. The number of aliphatic carboxylic acids is 1. The number of hydrogen-bond donors (Lipinski definition) is 1. The van der Waals surface area contributed by atoms with E-state index in [0.29, 0.717) is 0 Å². The Morgan fingerprint density at radius 1 is 1.67 bits per heavy atom. The lowest BCUT2D eigenvalue weighted by atomic mass is 9.97. The molecule has 0 bridgehead atoms. The van der Waals surface area contributed by atoms with Gasteiger partial charge < -0.3 is 9.52 Å². The highest BCUT2D eigenvalue weighted by atomic mass is 16.4. The normalized spacial score (nSPS) is 19.1. The van der Waals surface area contributed by atoms with Crippen LogP contribution in [0.3, 0.4) is 0 Å². The zero-order valence-electron chi connectivity index (χ0n) is 6.83. The van der Waals surface area contributed by atoms with Crippen LogP contribution in [0.4, 0.5) is 0 Å². The monoisotopic (exact) mass is 166 g/mol. The summed E-state index contributed by atoms with van der Waals surface area (Å²) in [5.41, 5.74) is 0.229. The summed E-state index contributed by atoms with van der Waals surface area (Å²) < 4.78 is 5.08. The Kier molecular flexibility index (Phi) is 1.31. The minimum absolute atomic E-state index is 0.614. The summed E-state index contributed by atoms with van der Waals surface area (Å²) >= 11 is 0. The average Bonchev–Trinajstić information content (AvgIpc) is 2.71. The lowest BCUT2D eigenvalue weighted by molar-refractivity contribution is -0.140. The molecule has 1 aromatic rings. The van der Waals surface area contributed by atoms with Gasteiger partial charge in [-0.1, -0.05) is 0 Å². The molecule has 1 aromatic heterocycles. The number of furan rings is 1. The van der Waals surface area contributed by atoms with Gasteiger partial charge in [-0.3, -0.25) is 4.79 Å². The maximum atomic E-state index is 10.9. The molecule has 1 heterocycles. The molecule has 3 nitrogen and oxygen atoms in total. The molecule has 0 unspecified atom stereocenters. The zero-order valence-corrected chi connectivity index (χ0v) is 6.83. The molecule has 0 atom stereocenters. The number of rotatable bonds is 2. The van der Waals surface area contributed by atoms with Gasteiger partial charge in [-0.15, -0.1) is 0 Å². The van der Waals surface area contributed by atoms with Crippen molar-refractivity contribution in [3.8, 4) is 0 Å². The number of carboxylic acids is 1. The summed E-state index contributed by atoms with van der Waals surface area (Å²) in [5, 5.41) is 8.96. The summed E-state index contributed by atoms with van der Waals surface area (Å²) in [6, 6.07) is 1.76. The Balaban J connectivity index is 2.43. The van der Waals surface area contributed by atoms with E-state index in [4.69, 9.17) is 9.52 Å². The van der Waals surface area contributed by atoms with Crippen LogP contribution < -0.4 is 0 Å². The van der Waals surface area contributed by atoms with E-state index in [0.717, 1.165) is 24.2 Å². The highest BCUT2D eigenvalue weighted by Crippen LogP contribution is 2.49. The number of carboxylic acid groups (broad SMARTS) is 1. The molecule has 0 spiro atoms. The second-order valence-corrected chi connectivity index (χ2v) is 3.28. The molecular formula is C9H10O3. The Morgan fingerprint density at radius 3 is 2.67 bits per heavy atom. The first kappa shape index (κ1) is 7.40. The highest BCUT2D eigenvalue weighted by Gasteiger charge is 2.53. The fourth-order valence-electron chi connectivity index (χ4n) is 1.60. The molecule has 1 aliphatic rings.